The van der Waals surface area contributed by atoms with Crippen LogP contribution in [0.4, 0.5) is 5.82 Å². The SMILES string of the molecule is Cc1ccc(Br)nc1NC(=O)[C@@H]1C[C@@]2(C)CC2N1C(=O)Cn1nc(C(N)=O)cc1-c1ccco1. The Hall–Kier alpha value is -3.47. The fourth-order valence-corrected chi connectivity index (χ4v) is 4.99. The van der Waals surface area contributed by atoms with Crippen molar-refractivity contribution in [1.82, 2.24) is 19.7 Å². The Balaban J connectivity index is 1.40. The Morgan fingerprint density at radius 1 is 1.29 bits per heavy atom. The quantitative estimate of drug-likeness (QED) is 0.473. The van der Waals surface area contributed by atoms with Crippen molar-refractivity contribution in [1.29, 1.82) is 0 Å². The molecule has 4 heterocycles. The average molecular weight is 527 g/mol. The second-order valence-corrected chi connectivity index (χ2v) is 9.91. The number of carbonyl (C=O) groups excluding carboxylic acids is 3. The van der Waals surface area contributed by atoms with E-state index < -0.39 is 11.9 Å². The number of pyridine rings is 1. The fraction of sp³-hybridized carbons (Fsp3) is 0.348. The molecule has 0 bridgehead atoms. The number of likely N-dealkylation sites (tertiary alicyclic amines) is 1. The van der Waals surface area contributed by atoms with Crippen molar-refractivity contribution in [2.75, 3.05) is 5.32 Å². The Morgan fingerprint density at radius 2 is 2.09 bits per heavy atom. The zero-order chi connectivity index (χ0) is 24.2. The van der Waals surface area contributed by atoms with Crippen molar-refractivity contribution < 1.29 is 18.8 Å². The second-order valence-electron chi connectivity index (χ2n) is 9.10. The number of rotatable bonds is 6. The molecule has 3 aromatic rings. The van der Waals surface area contributed by atoms with Crippen LogP contribution < -0.4 is 11.1 Å². The molecule has 11 heteroatoms. The molecule has 0 spiro atoms. The number of halogens is 1. The lowest BCUT2D eigenvalue weighted by atomic mass is 10.0. The molecule has 5 rings (SSSR count). The van der Waals surface area contributed by atoms with E-state index in [2.05, 4.69) is 38.3 Å². The highest BCUT2D eigenvalue weighted by Gasteiger charge is 2.64. The van der Waals surface area contributed by atoms with Crippen LogP contribution in [-0.4, -0.2) is 49.5 Å². The standard InChI is InChI=1S/C23H23BrN6O4/c1-12-5-6-18(24)26-21(12)27-22(33)15-9-23(2)10-17(23)30(15)19(31)11-29-14(16-4-3-7-34-16)8-13(28-29)20(25)32/h3-8,15,17H,9-11H2,1-2H3,(H2,25,32)(H,26,27,33)/t15-,17?,23-/m0/s1. The number of nitrogens with one attached hydrogen (secondary N) is 1. The number of anilines is 1. The number of aromatic nitrogens is 3. The van der Waals surface area contributed by atoms with E-state index in [-0.39, 0.29) is 35.5 Å². The first-order valence-electron chi connectivity index (χ1n) is 10.8. The maximum atomic E-state index is 13.5. The van der Waals surface area contributed by atoms with Gasteiger partial charge in [0.1, 0.15) is 28.7 Å². The number of nitrogens with two attached hydrogens (primary N) is 1. The van der Waals surface area contributed by atoms with E-state index in [0.29, 0.717) is 28.3 Å². The molecule has 2 aliphatic rings. The summed E-state index contributed by atoms with van der Waals surface area (Å²) in [6.07, 6.45) is 2.90. The highest BCUT2D eigenvalue weighted by atomic mass is 79.9. The Morgan fingerprint density at radius 3 is 2.79 bits per heavy atom. The van der Waals surface area contributed by atoms with Gasteiger partial charge in [-0.15, -0.1) is 0 Å². The highest BCUT2D eigenvalue weighted by molar-refractivity contribution is 9.10. The maximum absolute atomic E-state index is 13.5. The molecule has 1 aliphatic carbocycles. The van der Waals surface area contributed by atoms with Gasteiger partial charge in [-0.2, -0.15) is 5.10 Å². The van der Waals surface area contributed by atoms with Crippen molar-refractivity contribution in [3.8, 4) is 11.5 Å². The average Bonchev–Trinajstić information content (AvgIpc) is 3.22. The van der Waals surface area contributed by atoms with Gasteiger partial charge < -0.3 is 20.4 Å². The van der Waals surface area contributed by atoms with Gasteiger partial charge in [-0.25, -0.2) is 4.98 Å². The van der Waals surface area contributed by atoms with Gasteiger partial charge in [-0.3, -0.25) is 19.1 Å². The van der Waals surface area contributed by atoms with Crippen molar-refractivity contribution in [2.24, 2.45) is 11.1 Å². The zero-order valence-corrected chi connectivity index (χ0v) is 20.2. The third-order valence-electron chi connectivity index (χ3n) is 6.62. The predicted molar refractivity (Wildman–Crippen MR) is 126 cm³/mol. The van der Waals surface area contributed by atoms with Gasteiger partial charge in [-0.05, 0) is 64.9 Å². The van der Waals surface area contributed by atoms with Gasteiger partial charge in [0.2, 0.25) is 11.8 Å². The summed E-state index contributed by atoms with van der Waals surface area (Å²) in [6.45, 7) is 3.78. The molecule has 3 N–H and O–H groups in total. The van der Waals surface area contributed by atoms with Crippen LogP contribution in [-0.2, 0) is 16.1 Å². The molecular weight excluding hydrogens is 504 g/mol. The van der Waals surface area contributed by atoms with Crippen molar-refractivity contribution in [3.05, 3.63) is 52.5 Å². The van der Waals surface area contributed by atoms with E-state index in [1.807, 2.05) is 13.0 Å². The number of furan rings is 1. The first-order valence-corrected chi connectivity index (χ1v) is 11.6. The van der Waals surface area contributed by atoms with Gasteiger partial charge in [0.05, 0.1) is 6.26 Å². The molecular formula is C23H23BrN6O4. The van der Waals surface area contributed by atoms with Crippen LogP contribution in [0, 0.1) is 12.3 Å². The Labute approximate surface area is 203 Å². The minimum atomic E-state index is -0.705. The third kappa shape index (κ3) is 3.89. The van der Waals surface area contributed by atoms with Crippen LogP contribution in [0.25, 0.3) is 11.5 Å². The molecule has 3 aromatic heterocycles. The summed E-state index contributed by atoms with van der Waals surface area (Å²) in [7, 11) is 0. The van der Waals surface area contributed by atoms with E-state index in [0.717, 1.165) is 12.0 Å². The molecule has 34 heavy (non-hydrogen) atoms. The molecule has 1 saturated carbocycles. The van der Waals surface area contributed by atoms with Crippen LogP contribution in [0.2, 0.25) is 0 Å². The molecule has 0 aromatic carbocycles. The molecule has 176 valence electrons. The number of aryl methyl sites for hydroxylation is 1. The van der Waals surface area contributed by atoms with Crippen molar-refractivity contribution in [2.45, 2.75) is 45.3 Å². The van der Waals surface area contributed by atoms with E-state index in [1.54, 1.807) is 23.1 Å². The number of piperidine rings is 1. The summed E-state index contributed by atoms with van der Waals surface area (Å²) in [5.41, 5.74) is 6.62. The van der Waals surface area contributed by atoms with Crippen LogP contribution >= 0.6 is 15.9 Å². The highest BCUT2D eigenvalue weighted by Crippen LogP contribution is 2.59. The largest absolute Gasteiger partial charge is 0.463 e. The van der Waals surface area contributed by atoms with E-state index in [4.69, 9.17) is 10.2 Å². The number of hydrogen-bond donors (Lipinski definition) is 2. The van der Waals surface area contributed by atoms with Gasteiger partial charge in [-0.1, -0.05) is 13.0 Å². The molecule has 10 nitrogen and oxygen atoms in total. The smallest absolute Gasteiger partial charge is 0.269 e. The van der Waals surface area contributed by atoms with Crippen LogP contribution in [0.5, 0.6) is 0 Å². The normalized spacial score (nSPS) is 23.0. The van der Waals surface area contributed by atoms with Crippen LogP contribution in [0.1, 0.15) is 35.8 Å². The fourth-order valence-electron chi connectivity index (χ4n) is 4.68. The molecule has 2 fully saturated rings. The second kappa shape index (κ2) is 8.08. The van der Waals surface area contributed by atoms with Crippen molar-refractivity contribution >= 4 is 39.5 Å². The zero-order valence-electron chi connectivity index (χ0n) is 18.6. The molecule has 0 radical (unpaired) electrons. The molecule has 1 saturated heterocycles. The summed E-state index contributed by atoms with van der Waals surface area (Å²) in [6, 6.07) is 7.90. The monoisotopic (exact) mass is 526 g/mol. The van der Waals surface area contributed by atoms with E-state index >= 15 is 0 Å². The van der Waals surface area contributed by atoms with Crippen LogP contribution in [0.3, 0.4) is 0 Å². The van der Waals surface area contributed by atoms with E-state index in [1.165, 1.54) is 17.0 Å². The maximum Gasteiger partial charge on any atom is 0.269 e. The van der Waals surface area contributed by atoms with E-state index in [9.17, 15) is 14.4 Å². The van der Waals surface area contributed by atoms with Gasteiger partial charge in [0.25, 0.3) is 5.91 Å². The lowest BCUT2D eigenvalue weighted by molar-refractivity contribution is -0.138. The predicted octanol–water partition coefficient (Wildman–Crippen LogP) is 2.73. The summed E-state index contributed by atoms with van der Waals surface area (Å²) in [5.74, 6) is -0.340. The molecule has 3 amide bonds. The third-order valence-corrected chi connectivity index (χ3v) is 7.06. The minimum Gasteiger partial charge on any atom is -0.463 e. The number of amides is 3. The summed E-state index contributed by atoms with van der Waals surface area (Å²) in [4.78, 5) is 44.4. The first-order chi connectivity index (χ1) is 16.2. The molecule has 1 aliphatic heterocycles. The van der Waals surface area contributed by atoms with Gasteiger partial charge >= 0.3 is 0 Å². The summed E-state index contributed by atoms with van der Waals surface area (Å²) < 4.78 is 7.44. The molecule has 3 atom stereocenters. The lowest BCUT2D eigenvalue weighted by Gasteiger charge is -2.27. The molecule has 1 unspecified atom stereocenters. The number of nitrogens with zero attached hydrogens (tertiary/aromatic N) is 4. The summed E-state index contributed by atoms with van der Waals surface area (Å²) in [5, 5.41) is 7.09. The Bertz CT molecular complexity index is 1300. The van der Waals surface area contributed by atoms with Gasteiger partial charge in [0.15, 0.2) is 11.5 Å². The minimum absolute atomic E-state index is 0.0226. The first kappa shape index (κ1) is 22.3. The Kier molecular flexibility index (Phi) is 5.31. The number of fused-ring (bicyclic) bond motifs is 1. The topological polar surface area (TPSA) is 136 Å². The number of primary amides is 1. The summed E-state index contributed by atoms with van der Waals surface area (Å²) >= 11 is 3.33. The number of hydrogen-bond acceptors (Lipinski definition) is 6. The number of carbonyl (C=O) groups is 3. The van der Waals surface area contributed by atoms with Gasteiger partial charge in [0, 0.05) is 12.1 Å². The van der Waals surface area contributed by atoms with Crippen molar-refractivity contribution in [3.63, 3.8) is 0 Å². The lowest BCUT2D eigenvalue weighted by Crippen LogP contribution is -2.47. The van der Waals surface area contributed by atoms with Crippen LogP contribution in [0.15, 0.2) is 45.6 Å².